The Kier molecular flexibility index (Phi) is 6.34. The van der Waals surface area contributed by atoms with Gasteiger partial charge in [0, 0.05) is 6.54 Å². The van der Waals surface area contributed by atoms with Crippen molar-refractivity contribution < 1.29 is 18.3 Å². The molecular formula is C14H18N2O4S. The van der Waals surface area contributed by atoms with E-state index in [0.717, 1.165) is 0 Å². The Balaban J connectivity index is 2.64. The molecule has 0 saturated heterocycles. The number of rotatable bonds is 8. The van der Waals surface area contributed by atoms with E-state index in [-0.39, 0.29) is 17.2 Å². The summed E-state index contributed by atoms with van der Waals surface area (Å²) in [6, 6.07) is 6.84. The summed E-state index contributed by atoms with van der Waals surface area (Å²) >= 11 is 0. The van der Waals surface area contributed by atoms with Crippen LogP contribution in [0.4, 0.5) is 0 Å². The zero-order valence-electron chi connectivity index (χ0n) is 11.7. The Morgan fingerprint density at radius 1 is 1.38 bits per heavy atom. The number of nitriles is 1. The molecule has 1 unspecified atom stereocenters. The number of aliphatic carboxylic acids is 1. The van der Waals surface area contributed by atoms with Crippen molar-refractivity contribution >= 4 is 15.8 Å². The number of carbonyl (C=O) groups is 1. The van der Waals surface area contributed by atoms with Crippen LogP contribution in [0.3, 0.4) is 0 Å². The summed E-state index contributed by atoms with van der Waals surface area (Å²) < 4.78 is 24.1. The van der Waals surface area contributed by atoms with E-state index in [1.807, 2.05) is 13.0 Å². The fraction of sp³-hybridized carbons (Fsp3) is 0.429. The third-order valence-corrected chi connectivity index (χ3v) is 4.71. The molecule has 114 valence electrons. The van der Waals surface area contributed by atoms with Crippen LogP contribution in [-0.4, -0.2) is 37.8 Å². The third-order valence-electron chi connectivity index (χ3n) is 2.98. The van der Waals surface area contributed by atoms with E-state index < -0.39 is 21.8 Å². The lowest BCUT2D eigenvalue weighted by Gasteiger charge is -2.13. The molecule has 1 aromatic rings. The minimum absolute atomic E-state index is 0.0688. The number of nitrogens with zero attached hydrogens (tertiary/aromatic N) is 1. The molecule has 1 rings (SSSR count). The normalized spacial score (nSPS) is 12.6. The first-order valence-electron chi connectivity index (χ1n) is 6.60. The molecule has 7 heteroatoms. The quantitative estimate of drug-likeness (QED) is 0.746. The summed E-state index contributed by atoms with van der Waals surface area (Å²) in [4.78, 5) is 11.1. The highest BCUT2D eigenvalue weighted by atomic mass is 32.2. The van der Waals surface area contributed by atoms with Crippen LogP contribution in [0.1, 0.15) is 25.3 Å². The molecule has 0 amide bonds. The molecule has 0 spiro atoms. The van der Waals surface area contributed by atoms with Crippen molar-refractivity contribution in [2.75, 3.05) is 12.3 Å². The summed E-state index contributed by atoms with van der Waals surface area (Å²) in [7, 11) is -3.49. The molecule has 0 aliphatic carbocycles. The molecule has 0 saturated carbocycles. The summed E-state index contributed by atoms with van der Waals surface area (Å²) in [6.45, 7) is 1.93. The fourth-order valence-electron chi connectivity index (χ4n) is 1.82. The van der Waals surface area contributed by atoms with E-state index in [2.05, 4.69) is 5.32 Å². The number of nitrogens with one attached hydrogen (secondary N) is 1. The molecule has 2 N–H and O–H groups in total. The predicted molar refractivity (Wildman–Crippen MR) is 77.5 cm³/mol. The molecule has 0 bridgehead atoms. The molecular weight excluding hydrogens is 292 g/mol. The van der Waals surface area contributed by atoms with Gasteiger partial charge in [-0.05, 0) is 30.7 Å². The number of hydrogen-bond acceptors (Lipinski definition) is 5. The molecule has 21 heavy (non-hydrogen) atoms. The smallest absolute Gasteiger partial charge is 0.320 e. The van der Waals surface area contributed by atoms with Crippen LogP contribution < -0.4 is 5.32 Å². The minimum atomic E-state index is -3.49. The Morgan fingerprint density at radius 3 is 2.48 bits per heavy atom. The first kappa shape index (κ1) is 17.1. The van der Waals surface area contributed by atoms with Crippen LogP contribution in [0.15, 0.2) is 29.2 Å². The van der Waals surface area contributed by atoms with E-state index in [0.29, 0.717) is 18.4 Å². The number of sulfone groups is 1. The Morgan fingerprint density at radius 2 is 2.00 bits per heavy atom. The van der Waals surface area contributed by atoms with Gasteiger partial charge in [0.2, 0.25) is 0 Å². The Hall–Kier alpha value is -1.91. The van der Waals surface area contributed by atoms with E-state index >= 15 is 0 Å². The van der Waals surface area contributed by atoms with Gasteiger partial charge in [0.1, 0.15) is 6.04 Å². The van der Waals surface area contributed by atoms with Gasteiger partial charge in [-0.1, -0.05) is 13.3 Å². The van der Waals surface area contributed by atoms with Crippen molar-refractivity contribution in [3.05, 3.63) is 29.8 Å². The van der Waals surface area contributed by atoms with E-state index in [4.69, 9.17) is 10.4 Å². The first-order chi connectivity index (χ1) is 9.90. The summed E-state index contributed by atoms with van der Waals surface area (Å²) in [5.41, 5.74) is 0.390. The molecule has 0 aliphatic rings. The van der Waals surface area contributed by atoms with Gasteiger partial charge in [-0.15, -0.1) is 0 Å². The van der Waals surface area contributed by atoms with Gasteiger partial charge < -0.3 is 10.4 Å². The molecule has 0 aliphatic heterocycles. The number of hydrogen-bond donors (Lipinski definition) is 2. The average molecular weight is 310 g/mol. The maximum absolute atomic E-state index is 12.1. The van der Waals surface area contributed by atoms with Gasteiger partial charge in [-0.3, -0.25) is 4.79 Å². The topological polar surface area (TPSA) is 107 Å². The highest BCUT2D eigenvalue weighted by molar-refractivity contribution is 7.91. The Labute approximate surface area is 124 Å². The van der Waals surface area contributed by atoms with Crippen LogP contribution >= 0.6 is 0 Å². The molecule has 0 aromatic heterocycles. The minimum Gasteiger partial charge on any atom is -0.480 e. The standard InChI is InChI=1S/C14H18N2O4S/c1-2-3-13(14(17)18)16-8-9-21(19,20)12-6-4-11(10-15)5-7-12/h4-7,13,16H,2-3,8-9H2,1H3,(H,17,18). The summed E-state index contributed by atoms with van der Waals surface area (Å²) in [5.74, 6) is -1.17. The molecule has 0 fully saturated rings. The second-order valence-corrected chi connectivity index (χ2v) is 6.70. The maximum atomic E-state index is 12.1. The van der Waals surface area contributed by atoms with Gasteiger partial charge in [-0.2, -0.15) is 5.26 Å². The Bertz CT molecular complexity index is 617. The fourth-order valence-corrected chi connectivity index (χ4v) is 3.00. The van der Waals surface area contributed by atoms with Crippen molar-refractivity contribution in [2.45, 2.75) is 30.7 Å². The molecule has 1 atom stereocenters. The average Bonchev–Trinajstić information content (AvgIpc) is 2.46. The first-order valence-corrected chi connectivity index (χ1v) is 8.25. The predicted octanol–water partition coefficient (Wildman–Crippen LogP) is 1.17. The van der Waals surface area contributed by atoms with Crippen molar-refractivity contribution in [3.63, 3.8) is 0 Å². The van der Waals surface area contributed by atoms with Crippen molar-refractivity contribution in [1.29, 1.82) is 5.26 Å². The van der Waals surface area contributed by atoms with Crippen molar-refractivity contribution in [3.8, 4) is 6.07 Å². The zero-order valence-corrected chi connectivity index (χ0v) is 12.6. The lowest BCUT2D eigenvalue weighted by atomic mass is 10.2. The van der Waals surface area contributed by atoms with Gasteiger partial charge in [0.25, 0.3) is 0 Å². The molecule has 1 aromatic carbocycles. The lowest BCUT2D eigenvalue weighted by Crippen LogP contribution is -2.39. The highest BCUT2D eigenvalue weighted by Gasteiger charge is 2.18. The van der Waals surface area contributed by atoms with Gasteiger partial charge >= 0.3 is 5.97 Å². The second kappa shape index (κ2) is 7.76. The third kappa shape index (κ3) is 5.17. The largest absolute Gasteiger partial charge is 0.480 e. The SMILES string of the molecule is CCCC(NCCS(=O)(=O)c1ccc(C#N)cc1)C(=O)O. The zero-order chi connectivity index (χ0) is 15.9. The number of benzene rings is 1. The van der Waals surface area contributed by atoms with Crippen LogP contribution in [0.25, 0.3) is 0 Å². The van der Waals surface area contributed by atoms with Crippen LogP contribution in [0, 0.1) is 11.3 Å². The van der Waals surface area contributed by atoms with Gasteiger partial charge in [-0.25, -0.2) is 8.42 Å². The van der Waals surface area contributed by atoms with Gasteiger partial charge in [0.15, 0.2) is 9.84 Å². The molecule has 0 radical (unpaired) electrons. The molecule has 6 nitrogen and oxygen atoms in total. The number of carboxylic acids is 1. The lowest BCUT2D eigenvalue weighted by molar-refractivity contribution is -0.139. The van der Waals surface area contributed by atoms with E-state index in [1.54, 1.807) is 0 Å². The van der Waals surface area contributed by atoms with Crippen LogP contribution in [0.2, 0.25) is 0 Å². The van der Waals surface area contributed by atoms with Crippen LogP contribution in [-0.2, 0) is 14.6 Å². The number of carboxylic acid groups (broad SMARTS) is 1. The van der Waals surface area contributed by atoms with Gasteiger partial charge in [0.05, 0.1) is 22.3 Å². The maximum Gasteiger partial charge on any atom is 0.320 e. The van der Waals surface area contributed by atoms with E-state index in [1.165, 1.54) is 24.3 Å². The van der Waals surface area contributed by atoms with Crippen molar-refractivity contribution in [2.24, 2.45) is 0 Å². The highest BCUT2D eigenvalue weighted by Crippen LogP contribution is 2.12. The summed E-state index contributed by atoms with van der Waals surface area (Å²) in [5, 5.41) is 20.4. The second-order valence-electron chi connectivity index (χ2n) is 4.59. The van der Waals surface area contributed by atoms with Crippen LogP contribution in [0.5, 0.6) is 0 Å². The van der Waals surface area contributed by atoms with E-state index in [9.17, 15) is 13.2 Å². The monoisotopic (exact) mass is 310 g/mol. The molecule has 0 heterocycles. The van der Waals surface area contributed by atoms with Crippen molar-refractivity contribution in [1.82, 2.24) is 5.32 Å². The summed E-state index contributed by atoms with van der Waals surface area (Å²) in [6.07, 6.45) is 1.15.